The summed E-state index contributed by atoms with van der Waals surface area (Å²) in [4.78, 5) is 32.1. The van der Waals surface area contributed by atoms with Crippen LogP contribution in [0.3, 0.4) is 0 Å². The molecule has 3 heterocycles. The Balaban J connectivity index is 1.40. The molecular formula is C25H20N2O4. The summed E-state index contributed by atoms with van der Waals surface area (Å²) in [5.41, 5.74) is 3.69. The summed E-state index contributed by atoms with van der Waals surface area (Å²) in [5, 5.41) is 0.984. The van der Waals surface area contributed by atoms with Crippen molar-refractivity contribution in [3.8, 4) is 0 Å². The Bertz CT molecular complexity index is 1240. The summed E-state index contributed by atoms with van der Waals surface area (Å²) in [6.45, 7) is 0.416. The van der Waals surface area contributed by atoms with E-state index < -0.39 is 12.0 Å². The summed E-state index contributed by atoms with van der Waals surface area (Å²) in [6.07, 6.45) is 3.57. The fourth-order valence-electron chi connectivity index (χ4n) is 4.02. The van der Waals surface area contributed by atoms with Crippen molar-refractivity contribution >= 4 is 22.8 Å². The highest BCUT2D eigenvalue weighted by Crippen LogP contribution is 2.26. The lowest BCUT2D eigenvalue weighted by atomic mass is 9.93. The average molecular weight is 412 g/mol. The highest BCUT2D eigenvalue weighted by atomic mass is 16.5. The molecule has 154 valence electrons. The monoisotopic (exact) mass is 412 g/mol. The van der Waals surface area contributed by atoms with Crippen LogP contribution in [0, 0.1) is 0 Å². The number of hydrogen-bond donors (Lipinski definition) is 0. The standard InChI is InChI=1S/C25H20N2O4/c28-24(22-11-5-13-30-22)27-15-19-7-2-1-6-18(19)14-21(27)25(29)31-16-20-9-3-8-17-10-4-12-26-23(17)20/h1-13,21H,14-16H2/t21-/m0/s1. The van der Waals surface area contributed by atoms with Gasteiger partial charge in [0, 0.05) is 30.1 Å². The molecule has 2 aromatic heterocycles. The number of carbonyl (C=O) groups is 2. The fraction of sp³-hybridized carbons (Fsp3) is 0.160. The van der Waals surface area contributed by atoms with Crippen molar-refractivity contribution in [1.82, 2.24) is 9.88 Å². The predicted octanol–water partition coefficient (Wildman–Crippen LogP) is 4.14. The molecule has 0 N–H and O–H groups in total. The minimum Gasteiger partial charge on any atom is -0.459 e. The van der Waals surface area contributed by atoms with Crippen molar-refractivity contribution in [2.24, 2.45) is 0 Å². The van der Waals surface area contributed by atoms with Crippen LogP contribution in [-0.4, -0.2) is 27.8 Å². The van der Waals surface area contributed by atoms with Crippen LogP contribution in [0.1, 0.15) is 27.2 Å². The molecule has 0 unspecified atom stereocenters. The second-order valence-electron chi connectivity index (χ2n) is 7.50. The third-order valence-corrected chi connectivity index (χ3v) is 5.60. The smallest absolute Gasteiger partial charge is 0.329 e. The van der Waals surface area contributed by atoms with Gasteiger partial charge in [-0.05, 0) is 29.3 Å². The fourth-order valence-corrected chi connectivity index (χ4v) is 4.02. The van der Waals surface area contributed by atoms with Gasteiger partial charge in [0.15, 0.2) is 5.76 Å². The largest absolute Gasteiger partial charge is 0.459 e. The van der Waals surface area contributed by atoms with Crippen LogP contribution in [0.5, 0.6) is 0 Å². The van der Waals surface area contributed by atoms with Crippen LogP contribution in [0.2, 0.25) is 0 Å². The Morgan fingerprint density at radius 2 is 1.84 bits per heavy atom. The molecule has 2 aromatic carbocycles. The lowest BCUT2D eigenvalue weighted by Crippen LogP contribution is -2.49. The van der Waals surface area contributed by atoms with Gasteiger partial charge in [-0.15, -0.1) is 0 Å². The molecule has 1 atom stereocenters. The third kappa shape index (κ3) is 3.68. The number of aromatic nitrogens is 1. The van der Waals surface area contributed by atoms with E-state index in [9.17, 15) is 9.59 Å². The van der Waals surface area contributed by atoms with E-state index in [0.717, 1.165) is 27.6 Å². The van der Waals surface area contributed by atoms with Crippen LogP contribution < -0.4 is 0 Å². The number of benzene rings is 2. The molecule has 0 fully saturated rings. The molecule has 5 rings (SSSR count). The lowest BCUT2D eigenvalue weighted by Gasteiger charge is -2.34. The highest BCUT2D eigenvalue weighted by molar-refractivity contribution is 5.95. The van der Waals surface area contributed by atoms with Crippen LogP contribution >= 0.6 is 0 Å². The number of esters is 1. The van der Waals surface area contributed by atoms with Crippen molar-refractivity contribution in [2.45, 2.75) is 25.6 Å². The van der Waals surface area contributed by atoms with Gasteiger partial charge in [-0.3, -0.25) is 9.78 Å². The van der Waals surface area contributed by atoms with Crippen molar-refractivity contribution in [3.05, 3.63) is 102 Å². The van der Waals surface area contributed by atoms with Crippen LogP contribution in [0.15, 0.2) is 83.6 Å². The number of para-hydroxylation sites is 1. The molecule has 0 saturated carbocycles. The first kappa shape index (κ1) is 19.1. The third-order valence-electron chi connectivity index (χ3n) is 5.60. The Labute approximate surface area is 179 Å². The Hall–Kier alpha value is -3.93. The molecule has 0 radical (unpaired) electrons. The molecule has 31 heavy (non-hydrogen) atoms. The van der Waals surface area contributed by atoms with E-state index in [-0.39, 0.29) is 18.3 Å². The quantitative estimate of drug-likeness (QED) is 0.471. The summed E-state index contributed by atoms with van der Waals surface area (Å²) >= 11 is 0. The maximum absolute atomic E-state index is 13.1. The Morgan fingerprint density at radius 3 is 2.68 bits per heavy atom. The molecule has 0 saturated heterocycles. The van der Waals surface area contributed by atoms with E-state index in [1.807, 2.05) is 54.6 Å². The number of rotatable bonds is 4. The van der Waals surface area contributed by atoms with Gasteiger partial charge in [-0.1, -0.05) is 48.5 Å². The van der Waals surface area contributed by atoms with Crippen LogP contribution in [0.4, 0.5) is 0 Å². The number of ether oxygens (including phenoxy) is 1. The molecule has 0 spiro atoms. The summed E-state index contributed by atoms with van der Waals surface area (Å²) in [6, 6.07) is 20.0. The molecule has 6 nitrogen and oxygen atoms in total. The highest BCUT2D eigenvalue weighted by Gasteiger charge is 2.37. The van der Waals surface area contributed by atoms with Crippen molar-refractivity contribution in [3.63, 3.8) is 0 Å². The van der Waals surface area contributed by atoms with Gasteiger partial charge >= 0.3 is 5.97 Å². The molecule has 0 bridgehead atoms. The first-order valence-corrected chi connectivity index (χ1v) is 10.1. The average Bonchev–Trinajstić information content (AvgIpc) is 3.36. The molecule has 1 aliphatic heterocycles. The summed E-state index contributed by atoms with van der Waals surface area (Å²) in [5.74, 6) is -0.564. The Morgan fingerprint density at radius 1 is 1.00 bits per heavy atom. The number of nitrogens with zero attached hydrogens (tertiary/aromatic N) is 2. The van der Waals surface area contributed by atoms with Gasteiger partial charge in [0.25, 0.3) is 5.91 Å². The Kier molecular flexibility index (Phi) is 4.96. The van der Waals surface area contributed by atoms with E-state index in [2.05, 4.69) is 4.98 Å². The maximum atomic E-state index is 13.1. The molecular weight excluding hydrogens is 392 g/mol. The van der Waals surface area contributed by atoms with E-state index >= 15 is 0 Å². The van der Waals surface area contributed by atoms with E-state index in [4.69, 9.17) is 9.15 Å². The van der Waals surface area contributed by atoms with E-state index in [1.165, 1.54) is 11.2 Å². The topological polar surface area (TPSA) is 72.6 Å². The van der Waals surface area contributed by atoms with Gasteiger partial charge in [0.05, 0.1) is 11.8 Å². The maximum Gasteiger partial charge on any atom is 0.329 e. The molecule has 0 aliphatic carbocycles. The zero-order valence-electron chi connectivity index (χ0n) is 16.7. The number of fused-ring (bicyclic) bond motifs is 2. The summed E-state index contributed by atoms with van der Waals surface area (Å²) < 4.78 is 11.0. The van der Waals surface area contributed by atoms with Crippen molar-refractivity contribution in [1.29, 1.82) is 0 Å². The van der Waals surface area contributed by atoms with Crippen LogP contribution in [-0.2, 0) is 29.1 Å². The van der Waals surface area contributed by atoms with Gasteiger partial charge in [0.2, 0.25) is 0 Å². The second kappa shape index (κ2) is 8.07. The predicted molar refractivity (Wildman–Crippen MR) is 114 cm³/mol. The van der Waals surface area contributed by atoms with Gasteiger partial charge in [-0.2, -0.15) is 0 Å². The molecule has 4 aromatic rings. The zero-order chi connectivity index (χ0) is 21.2. The van der Waals surface area contributed by atoms with Gasteiger partial charge in [-0.25, -0.2) is 4.79 Å². The number of pyridine rings is 1. The van der Waals surface area contributed by atoms with Gasteiger partial charge < -0.3 is 14.1 Å². The first-order chi connectivity index (χ1) is 15.2. The number of carbonyl (C=O) groups excluding carboxylic acids is 2. The normalized spacial score (nSPS) is 15.5. The minimum atomic E-state index is -0.726. The number of hydrogen-bond acceptors (Lipinski definition) is 5. The first-order valence-electron chi connectivity index (χ1n) is 10.1. The zero-order valence-corrected chi connectivity index (χ0v) is 16.7. The van der Waals surface area contributed by atoms with E-state index in [1.54, 1.807) is 18.3 Å². The second-order valence-corrected chi connectivity index (χ2v) is 7.50. The van der Waals surface area contributed by atoms with E-state index in [0.29, 0.717) is 13.0 Å². The lowest BCUT2D eigenvalue weighted by molar-refractivity contribution is -0.151. The molecule has 1 amide bonds. The van der Waals surface area contributed by atoms with Gasteiger partial charge in [0.1, 0.15) is 12.6 Å². The summed E-state index contributed by atoms with van der Waals surface area (Å²) in [7, 11) is 0. The van der Waals surface area contributed by atoms with Crippen molar-refractivity contribution < 1.29 is 18.7 Å². The SMILES string of the molecule is O=C(OCc1cccc2cccnc12)[C@@H]1Cc2ccccc2CN1C(=O)c1ccco1. The number of furan rings is 1. The molecule has 1 aliphatic rings. The minimum absolute atomic E-state index is 0.0914. The molecule has 6 heteroatoms. The van der Waals surface area contributed by atoms with Crippen molar-refractivity contribution in [2.75, 3.05) is 0 Å². The number of amides is 1. The van der Waals surface area contributed by atoms with Crippen LogP contribution in [0.25, 0.3) is 10.9 Å².